The van der Waals surface area contributed by atoms with Gasteiger partial charge in [0.2, 0.25) is 0 Å². The minimum absolute atomic E-state index is 0.257. The van der Waals surface area contributed by atoms with E-state index >= 15 is 0 Å². The van der Waals surface area contributed by atoms with Gasteiger partial charge in [-0.1, -0.05) is 15.9 Å². The molecule has 88 valence electrons. The van der Waals surface area contributed by atoms with Crippen LogP contribution < -0.4 is 0 Å². The van der Waals surface area contributed by atoms with Gasteiger partial charge in [-0.25, -0.2) is 0 Å². The van der Waals surface area contributed by atoms with Gasteiger partial charge >= 0.3 is 0 Å². The topological polar surface area (TPSA) is 20.3 Å². The van der Waals surface area contributed by atoms with Crippen molar-refractivity contribution in [3.05, 3.63) is 33.8 Å². The summed E-state index contributed by atoms with van der Waals surface area (Å²) in [4.78, 5) is 14.6. The second-order valence-electron chi connectivity index (χ2n) is 5.63. The molecule has 4 rings (SSSR count). The van der Waals surface area contributed by atoms with Crippen LogP contribution in [0.15, 0.2) is 22.7 Å². The maximum Gasteiger partial charge on any atom is 0.254 e. The van der Waals surface area contributed by atoms with Crippen molar-refractivity contribution in [3.63, 3.8) is 0 Å². The van der Waals surface area contributed by atoms with Gasteiger partial charge in [0, 0.05) is 28.0 Å². The number of hydrogen-bond donors (Lipinski definition) is 0. The molecule has 1 aliphatic heterocycles. The summed E-state index contributed by atoms with van der Waals surface area (Å²) >= 11 is 3.52. The first kappa shape index (κ1) is 10.1. The fourth-order valence-corrected chi connectivity index (χ4v) is 3.40. The van der Waals surface area contributed by atoms with Crippen LogP contribution in [0.5, 0.6) is 0 Å². The van der Waals surface area contributed by atoms with E-state index in [1.165, 1.54) is 31.2 Å². The predicted molar refractivity (Wildman–Crippen MR) is 69.1 cm³/mol. The second kappa shape index (κ2) is 3.14. The van der Waals surface area contributed by atoms with Crippen LogP contribution in [0.1, 0.15) is 41.6 Å². The highest BCUT2D eigenvalue weighted by Gasteiger charge is 2.53. The van der Waals surface area contributed by atoms with Crippen LogP contribution in [0.4, 0.5) is 0 Å². The summed E-state index contributed by atoms with van der Waals surface area (Å²) in [5.41, 5.74) is 2.54. The molecule has 3 heteroatoms. The molecular weight excluding hydrogens is 278 g/mol. The summed E-state index contributed by atoms with van der Waals surface area (Å²) < 4.78 is 1.09. The summed E-state index contributed by atoms with van der Waals surface area (Å²) in [6.45, 7) is 0.958. The number of rotatable bonds is 1. The Labute approximate surface area is 109 Å². The SMILES string of the molecule is O=C1c2ccc(Br)cc2C2(CC2)CN1C1CC1. The summed E-state index contributed by atoms with van der Waals surface area (Å²) in [6.07, 6.45) is 4.89. The van der Waals surface area contributed by atoms with Gasteiger partial charge in [-0.3, -0.25) is 4.79 Å². The molecule has 2 saturated carbocycles. The maximum atomic E-state index is 12.4. The molecule has 2 aliphatic carbocycles. The van der Waals surface area contributed by atoms with Crippen LogP contribution in [-0.2, 0) is 5.41 Å². The molecule has 17 heavy (non-hydrogen) atoms. The number of benzene rings is 1. The zero-order valence-corrected chi connectivity index (χ0v) is 11.2. The van der Waals surface area contributed by atoms with E-state index in [1.807, 2.05) is 12.1 Å². The summed E-state index contributed by atoms with van der Waals surface area (Å²) in [6, 6.07) is 6.68. The van der Waals surface area contributed by atoms with Crippen molar-refractivity contribution in [1.29, 1.82) is 0 Å². The van der Waals surface area contributed by atoms with Crippen LogP contribution >= 0.6 is 15.9 Å². The molecule has 1 amide bonds. The Morgan fingerprint density at radius 3 is 2.71 bits per heavy atom. The number of carbonyl (C=O) groups is 1. The van der Waals surface area contributed by atoms with Gasteiger partial charge in [0.15, 0.2) is 0 Å². The Balaban J connectivity index is 1.85. The molecule has 1 heterocycles. The molecule has 0 radical (unpaired) electrons. The minimum Gasteiger partial charge on any atom is -0.335 e. The molecule has 0 unspecified atom stereocenters. The zero-order chi connectivity index (χ0) is 11.6. The fourth-order valence-electron chi connectivity index (χ4n) is 3.04. The van der Waals surface area contributed by atoms with Crippen LogP contribution in [0.3, 0.4) is 0 Å². The standard InChI is InChI=1S/C14H14BrNO/c15-9-1-4-11-12(7-9)14(5-6-14)8-16(13(11)17)10-2-3-10/h1,4,7,10H,2-3,5-6,8H2. The predicted octanol–water partition coefficient (Wildman–Crippen LogP) is 3.10. The molecular formula is C14H14BrNO. The van der Waals surface area contributed by atoms with Gasteiger partial charge in [0.1, 0.15) is 0 Å². The van der Waals surface area contributed by atoms with E-state index in [2.05, 4.69) is 26.9 Å². The van der Waals surface area contributed by atoms with E-state index in [1.54, 1.807) is 0 Å². The van der Waals surface area contributed by atoms with Crippen LogP contribution in [0.2, 0.25) is 0 Å². The molecule has 2 nitrogen and oxygen atoms in total. The van der Waals surface area contributed by atoms with Gasteiger partial charge in [-0.05, 0) is 49.4 Å². The Hall–Kier alpha value is -0.830. The number of halogens is 1. The average molecular weight is 292 g/mol. The van der Waals surface area contributed by atoms with Crippen molar-refractivity contribution in [3.8, 4) is 0 Å². The smallest absolute Gasteiger partial charge is 0.254 e. The Kier molecular flexibility index (Phi) is 1.87. The lowest BCUT2D eigenvalue weighted by Crippen LogP contribution is -2.44. The lowest BCUT2D eigenvalue weighted by Gasteiger charge is -2.35. The lowest BCUT2D eigenvalue weighted by atomic mass is 9.86. The number of carbonyl (C=O) groups excluding carboxylic acids is 1. The van der Waals surface area contributed by atoms with Crippen molar-refractivity contribution in [1.82, 2.24) is 4.90 Å². The van der Waals surface area contributed by atoms with Crippen molar-refractivity contribution in [2.24, 2.45) is 0 Å². The number of amides is 1. The molecule has 0 atom stereocenters. The van der Waals surface area contributed by atoms with Crippen molar-refractivity contribution in [2.75, 3.05) is 6.54 Å². The van der Waals surface area contributed by atoms with Gasteiger partial charge in [-0.15, -0.1) is 0 Å². The largest absolute Gasteiger partial charge is 0.335 e. The molecule has 3 aliphatic rings. The Bertz CT molecular complexity index is 517. The lowest BCUT2D eigenvalue weighted by molar-refractivity contribution is 0.0698. The van der Waals surface area contributed by atoms with Gasteiger partial charge in [-0.2, -0.15) is 0 Å². The maximum absolute atomic E-state index is 12.4. The van der Waals surface area contributed by atoms with Gasteiger partial charge < -0.3 is 4.90 Å². The fraction of sp³-hybridized carbons (Fsp3) is 0.500. The first-order chi connectivity index (χ1) is 8.20. The number of nitrogens with zero attached hydrogens (tertiary/aromatic N) is 1. The van der Waals surface area contributed by atoms with E-state index in [0.29, 0.717) is 11.5 Å². The van der Waals surface area contributed by atoms with E-state index in [9.17, 15) is 4.79 Å². The van der Waals surface area contributed by atoms with E-state index in [-0.39, 0.29) is 5.91 Å². The van der Waals surface area contributed by atoms with E-state index < -0.39 is 0 Å². The molecule has 1 aromatic rings. The second-order valence-corrected chi connectivity index (χ2v) is 6.55. The average Bonchev–Trinajstić information content (AvgIpc) is 3.19. The Morgan fingerprint density at radius 2 is 2.06 bits per heavy atom. The summed E-state index contributed by atoms with van der Waals surface area (Å²) in [7, 11) is 0. The van der Waals surface area contributed by atoms with E-state index in [4.69, 9.17) is 0 Å². The molecule has 1 aromatic carbocycles. The highest BCUT2D eigenvalue weighted by molar-refractivity contribution is 9.10. The van der Waals surface area contributed by atoms with Gasteiger partial charge in [0.25, 0.3) is 5.91 Å². The third-order valence-corrected chi connectivity index (χ3v) is 4.85. The molecule has 1 spiro atoms. The molecule has 0 aromatic heterocycles. The third-order valence-electron chi connectivity index (χ3n) is 4.36. The van der Waals surface area contributed by atoms with Crippen molar-refractivity contribution < 1.29 is 4.79 Å². The third kappa shape index (κ3) is 1.41. The van der Waals surface area contributed by atoms with Crippen molar-refractivity contribution in [2.45, 2.75) is 37.1 Å². The highest BCUT2D eigenvalue weighted by atomic mass is 79.9. The zero-order valence-electron chi connectivity index (χ0n) is 9.58. The first-order valence-corrected chi connectivity index (χ1v) is 7.10. The highest BCUT2D eigenvalue weighted by Crippen LogP contribution is 2.54. The van der Waals surface area contributed by atoms with E-state index in [0.717, 1.165) is 16.6 Å². The molecule has 0 saturated heterocycles. The monoisotopic (exact) mass is 291 g/mol. The van der Waals surface area contributed by atoms with Crippen LogP contribution in [-0.4, -0.2) is 23.4 Å². The summed E-state index contributed by atoms with van der Waals surface area (Å²) in [5, 5.41) is 0. The number of hydrogen-bond acceptors (Lipinski definition) is 1. The quantitative estimate of drug-likeness (QED) is 0.779. The summed E-state index contributed by atoms with van der Waals surface area (Å²) in [5.74, 6) is 0.257. The van der Waals surface area contributed by atoms with Crippen LogP contribution in [0, 0.1) is 0 Å². The molecule has 0 bridgehead atoms. The first-order valence-electron chi connectivity index (χ1n) is 6.31. The van der Waals surface area contributed by atoms with Gasteiger partial charge in [0.05, 0.1) is 0 Å². The number of fused-ring (bicyclic) bond motifs is 2. The molecule has 2 fully saturated rings. The van der Waals surface area contributed by atoms with Crippen LogP contribution in [0.25, 0.3) is 0 Å². The normalized spacial score (nSPS) is 25.0. The Morgan fingerprint density at radius 1 is 1.29 bits per heavy atom. The molecule has 0 N–H and O–H groups in total. The minimum atomic E-state index is 0.257. The van der Waals surface area contributed by atoms with Crippen molar-refractivity contribution >= 4 is 21.8 Å².